The van der Waals surface area contributed by atoms with Crippen molar-refractivity contribution in [1.82, 2.24) is 0 Å². The molecule has 0 saturated heterocycles. The molecule has 2 saturated carbocycles. The first-order chi connectivity index (χ1) is 14.9. The number of benzene rings is 1. The zero-order valence-electron chi connectivity index (χ0n) is 21.1. The fourth-order valence-electron chi connectivity index (χ4n) is 6.37. The Kier molecular flexibility index (Phi) is 6.75. The quantitative estimate of drug-likeness (QED) is 0.423. The van der Waals surface area contributed by atoms with Crippen LogP contribution in [-0.2, 0) is 9.22 Å². The second-order valence-electron chi connectivity index (χ2n) is 12.3. The number of rotatable bonds is 4. The van der Waals surface area contributed by atoms with E-state index < -0.39 is 8.32 Å². The fourth-order valence-corrected chi connectivity index (χ4v) is 10.4. The van der Waals surface area contributed by atoms with Crippen molar-refractivity contribution in [2.45, 2.75) is 95.8 Å². The van der Waals surface area contributed by atoms with Crippen molar-refractivity contribution < 1.29 is 9.22 Å². The molecule has 0 radical (unpaired) electrons. The van der Waals surface area contributed by atoms with Gasteiger partial charge in [0.25, 0.3) is 0 Å². The fraction of sp³-hybridized carbons (Fsp3) is 0.679. The average molecular weight is 518 g/mol. The Balaban J connectivity index is 1.64. The van der Waals surface area contributed by atoms with Crippen molar-refractivity contribution in [3.05, 3.63) is 42.0 Å². The summed E-state index contributed by atoms with van der Waals surface area (Å²) < 4.78 is 8.62. The van der Waals surface area contributed by atoms with E-state index in [0.717, 1.165) is 24.1 Å². The van der Waals surface area contributed by atoms with Crippen molar-refractivity contribution in [2.75, 3.05) is 0 Å². The third-order valence-corrected chi connectivity index (χ3v) is 17.0. The Hall–Kier alpha value is -0.674. The van der Waals surface area contributed by atoms with Gasteiger partial charge in [-0.05, 0) is 0 Å². The molecule has 2 nitrogen and oxygen atoms in total. The molecule has 2 fully saturated rings. The van der Waals surface area contributed by atoms with E-state index in [0.29, 0.717) is 43.9 Å². The molecule has 0 spiro atoms. The Labute approximate surface area is 203 Å². The zero-order chi connectivity index (χ0) is 23.3. The maximum atomic E-state index is 12.5. The average Bonchev–Trinajstić information content (AvgIpc) is 2.71. The molecule has 32 heavy (non-hydrogen) atoms. The van der Waals surface area contributed by atoms with Gasteiger partial charge in [-0.15, -0.1) is 0 Å². The molecule has 0 aliphatic heterocycles. The molecule has 0 heterocycles. The first-order valence-corrected chi connectivity index (χ1v) is 17.3. The van der Waals surface area contributed by atoms with Crippen LogP contribution in [0, 0.1) is 23.2 Å². The van der Waals surface area contributed by atoms with E-state index in [1.54, 1.807) is 0 Å². The summed E-state index contributed by atoms with van der Waals surface area (Å²) in [5.74, 6) is 2.22. The van der Waals surface area contributed by atoms with Gasteiger partial charge in [-0.1, -0.05) is 0 Å². The van der Waals surface area contributed by atoms with E-state index >= 15 is 0 Å². The number of carbonyl (C=O) groups is 1. The Morgan fingerprint density at radius 2 is 1.81 bits per heavy atom. The number of hydrogen-bond donors (Lipinski definition) is 0. The standard InChI is InChI=1S/C28H42O2SeSi/c1-19-24-18-25(30-32(6,7)27(2,3)4)22-17-20(29)13-14-23(22)28(24,5)16-15-26(19)31-21-11-9-8-10-12-21/h8-12,17,19,23-26H,13-16,18H2,1-7H3/t19-,23-,24-,25+,26+,28+/m0/s1. The van der Waals surface area contributed by atoms with Crippen LogP contribution < -0.4 is 4.46 Å². The third kappa shape index (κ3) is 4.50. The molecular formula is C28H42O2SeSi. The summed E-state index contributed by atoms with van der Waals surface area (Å²) in [4.78, 5) is 13.3. The first-order valence-electron chi connectivity index (χ1n) is 12.6. The van der Waals surface area contributed by atoms with Crippen LogP contribution in [0.15, 0.2) is 42.0 Å². The molecule has 0 aromatic heterocycles. The predicted molar refractivity (Wildman–Crippen MR) is 138 cm³/mol. The van der Waals surface area contributed by atoms with Crippen LogP contribution in [0.1, 0.15) is 66.7 Å². The van der Waals surface area contributed by atoms with Crippen LogP contribution in [0.2, 0.25) is 22.9 Å². The van der Waals surface area contributed by atoms with Crippen LogP contribution in [0.5, 0.6) is 0 Å². The van der Waals surface area contributed by atoms with Gasteiger partial charge in [-0.3, -0.25) is 0 Å². The Morgan fingerprint density at radius 3 is 2.47 bits per heavy atom. The molecule has 1 aromatic carbocycles. The molecule has 0 bridgehead atoms. The van der Waals surface area contributed by atoms with Crippen LogP contribution in [0.25, 0.3) is 0 Å². The van der Waals surface area contributed by atoms with E-state index in [1.165, 1.54) is 22.9 Å². The summed E-state index contributed by atoms with van der Waals surface area (Å²) in [6.07, 6.45) is 7.61. The van der Waals surface area contributed by atoms with Gasteiger partial charge in [0.1, 0.15) is 0 Å². The Morgan fingerprint density at radius 1 is 1.12 bits per heavy atom. The molecule has 6 atom stereocenters. The van der Waals surface area contributed by atoms with Crippen molar-refractivity contribution in [3.63, 3.8) is 0 Å². The van der Waals surface area contributed by atoms with E-state index in [9.17, 15) is 4.79 Å². The van der Waals surface area contributed by atoms with Crippen LogP contribution in [0.3, 0.4) is 0 Å². The Bertz CT molecular complexity index is 871. The molecule has 3 aliphatic rings. The zero-order valence-corrected chi connectivity index (χ0v) is 23.8. The summed E-state index contributed by atoms with van der Waals surface area (Å²) in [5.41, 5.74) is 1.66. The summed E-state index contributed by atoms with van der Waals surface area (Å²) >= 11 is 0.524. The molecule has 176 valence electrons. The molecule has 0 N–H and O–H groups in total. The van der Waals surface area contributed by atoms with Gasteiger partial charge in [0.2, 0.25) is 0 Å². The van der Waals surface area contributed by atoms with Gasteiger partial charge < -0.3 is 0 Å². The first kappa shape index (κ1) is 24.5. The number of hydrogen-bond acceptors (Lipinski definition) is 2. The van der Waals surface area contributed by atoms with Gasteiger partial charge in [0.15, 0.2) is 0 Å². The molecule has 4 rings (SSSR count). The van der Waals surface area contributed by atoms with Crippen molar-refractivity contribution >= 4 is 33.5 Å². The van der Waals surface area contributed by atoms with Gasteiger partial charge in [0, 0.05) is 0 Å². The minimum absolute atomic E-state index is 0.133. The van der Waals surface area contributed by atoms with Gasteiger partial charge in [-0.25, -0.2) is 0 Å². The van der Waals surface area contributed by atoms with Gasteiger partial charge in [0.05, 0.1) is 0 Å². The molecular weight excluding hydrogens is 475 g/mol. The summed E-state index contributed by atoms with van der Waals surface area (Å²) in [5, 5.41) is 0.180. The van der Waals surface area contributed by atoms with Crippen LogP contribution >= 0.6 is 0 Å². The second-order valence-corrected chi connectivity index (χ2v) is 19.8. The van der Waals surface area contributed by atoms with Crippen LogP contribution in [-0.4, -0.2) is 35.2 Å². The maximum absolute atomic E-state index is 12.5. The van der Waals surface area contributed by atoms with Crippen molar-refractivity contribution in [3.8, 4) is 0 Å². The van der Waals surface area contributed by atoms with Gasteiger partial charge >= 0.3 is 204 Å². The minimum atomic E-state index is -1.92. The number of carbonyl (C=O) groups excluding carboxylic acids is 1. The van der Waals surface area contributed by atoms with Crippen molar-refractivity contribution in [2.24, 2.45) is 23.2 Å². The normalized spacial score (nSPS) is 35.7. The summed E-state index contributed by atoms with van der Waals surface area (Å²) in [6, 6.07) is 11.1. The number of fused-ring (bicyclic) bond motifs is 3. The predicted octanol–water partition coefficient (Wildman–Crippen LogP) is 6.56. The summed E-state index contributed by atoms with van der Waals surface area (Å²) in [7, 11) is -1.92. The third-order valence-electron chi connectivity index (χ3n) is 9.35. The number of ketones is 1. The molecule has 0 amide bonds. The van der Waals surface area contributed by atoms with E-state index in [1.807, 2.05) is 6.08 Å². The molecule has 3 aliphatic carbocycles. The van der Waals surface area contributed by atoms with Crippen LogP contribution in [0.4, 0.5) is 0 Å². The number of allylic oxidation sites excluding steroid dienone is 1. The van der Waals surface area contributed by atoms with Crippen molar-refractivity contribution in [1.29, 1.82) is 0 Å². The van der Waals surface area contributed by atoms with Gasteiger partial charge in [-0.2, -0.15) is 0 Å². The molecule has 0 unspecified atom stereocenters. The van der Waals surface area contributed by atoms with E-state index in [2.05, 4.69) is 78.0 Å². The molecule has 1 aromatic rings. The topological polar surface area (TPSA) is 26.3 Å². The van der Waals surface area contributed by atoms with E-state index in [-0.39, 0.29) is 11.1 Å². The SMILES string of the molecule is C[C@@H]1[C@H]([Se]c2ccccc2)CC[C@]2(C)[C@H]3CCC(=O)C=C3[C@H](O[Si](C)(C)C(C)(C)C)C[C@@H]12. The monoisotopic (exact) mass is 518 g/mol. The summed E-state index contributed by atoms with van der Waals surface area (Å²) in [6.45, 7) is 16.8. The van der Waals surface area contributed by atoms with E-state index in [4.69, 9.17) is 4.43 Å². The second kappa shape index (κ2) is 8.84. The molecule has 4 heteroatoms.